The van der Waals surface area contributed by atoms with Crippen LogP contribution in [0.1, 0.15) is 23.5 Å². The summed E-state index contributed by atoms with van der Waals surface area (Å²) < 4.78 is 0. The van der Waals surface area contributed by atoms with Crippen molar-refractivity contribution in [2.45, 2.75) is 25.3 Å². The monoisotopic (exact) mass is 229 g/mol. The Hall–Kier alpha value is -1.77. The smallest absolute Gasteiger partial charge is 0.326 e. The highest BCUT2D eigenvalue weighted by molar-refractivity contribution is 5.81. The highest BCUT2D eigenvalue weighted by atomic mass is 16.4. The highest BCUT2D eigenvalue weighted by Gasteiger charge is 2.40. The van der Waals surface area contributed by atoms with E-state index in [0.717, 1.165) is 17.7 Å². The zero-order valence-corrected chi connectivity index (χ0v) is 9.68. The van der Waals surface area contributed by atoms with Gasteiger partial charge in [0.1, 0.15) is 6.04 Å². The van der Waals surface area contributed by atoms with Crippen molar-refractivity contribution in [3.05, 3.63) is 41.5 Å². The summed E-state index contributed by atoms with van der Waals surface area (Å²) in [6, 6.07) is 5.69. The van der Waals surface area contributed by atoms with Crippen molar-refractivity contribution < 1.29 is 9.90 Å². The summed E-state index contributed by atoms with van der Waals surface area (Å²) in [6.07, 6.45) is 5.10. The van der Waals surface area contributed by atoms with Gasteiger partial charge in [-0.2, -0.15) is 0 Å². The van der Waals surface area contributed by atoms with Gasteiger partial charge in [0, 0.05) is 17.5 Å². The van der Waals surface area contributed by atoms with Crippen molar-refractivity contribution in [3.8, 4) is 0 Å². The Morgan fingerprint density at radius 2 is 2.29 bits per heavy atom. The van der Waals surface area contributed by atoms with E-state index in [1.165, 1.54) is 5.56 Å². The molecule has 2 aliphatic rings. The van der Waals surface area contributed by atoms with Crippen LogP contribution in [-0.4, -0.2) is 17.1 Å². The van der Waals surface area contributed by atoms with Crippen LogP contribution in [0, 0.1) is 12.8 Å². The number of anilines is 1. The number of aliphatic carboxylic acids is 1. The second-order valence-electron chi connectivity index (χ2n) is 4.85. The molecule has 2 N–H and O–H groups in total. The zero-order chi connectivity index (χ0) is 12.0. The maximum absolute atomic E-state index is 11.3. The Labute approximate surface area is 100 Å². The molecule has 0 bridgehead atoms. The molecule has 0 saturated carbocycles. The number of nitrogens with one attached hydrogen (secondary N) is 1. The molecule has 0 unspecified atom stereocenters. The Morgan fingerprint density at radius 3 is 3.06 bits per heavy atom. The predicted molar refractivity (Wildman–Crippen MR) is 66.2 cm³/mol. The number of rotatable bonds is 1. The first-order valence-corrected chi connectivity index (χ1v) is 5.94. The number of para-hydroxylation sites is 1. The van der Waals surface area contributed by atoms with Crippen molar-refractivity contribution in [1.82, 2.24) is 0 Å². The van der Waals surface area contributed by atoms with Gasteiger partial charge in [-0.1, -0.05) is 30.4 Å². The van der Waals surface area contributed by atoms with Crippen molar-refractivity contribution in [2.24, 2.45) is 5.92 Å². The number of carboxylic acids is 1. The lowest BCUT2D eigenvalue weighted by Crippen LogP contribution is -2.42. The average Bonchev–Trinajstić information content (AvgIpc) is 2.77. The Morgan fingerprint density at radius 1 is 1.47 bits per heavy atom. The Balaban J connectivity index is 2.12. The summed E-state index contributed by atoms with van der Waals surface area (Å²) in [4.78, 5) is 11.3. The zero-order valence-electron chi connectivity index (χ0n) is 9.68. The van der Waals surface area contributed by atoms with Gasteiger partial charge < -0.3 is 10.4 Å². The van der Waals surface area contributed by atoms with E-state index in [1.807, 2.05) is 19.1 Å². The standard InChI is InChI=1S/C14H15NO2/c1-8-4-2-6-10-9-5-3-7-11(9)13(14(16)17)15-12(8)10/h2-6,9,11,13,15H,7H2,1H3,(H,16,17)/t9-,11-,13-/m0/s1. The number of aryl methyl sites for hydroxylation is 1. The van der Waals surface area contributed by atoms with Crippen LogP contribution >= 0.6 is 0 Å². The molecular weight excluding hydrogens is 214 g/mol. The van der Waals surface area contributed by atoms with Crippen LogP contribution in [0.2, 0.25) is 0 Å². The molecule has 0 radical (unpaired) electrons. The van der Waals surface area contributed by atoms with Gasteiger partial charge in [-0.05, 0) is 24.5 Å². The maximum atomic E-state index is 11.3. The fourth-order valence-corrected chi connectivity index (χ4v) is 3.02. The van der Waals surface area contributed by atoms with E-state index < -0.39 is 12.0 Å². The van der Waals surface area contributed by atoms with Crippen molar-refractivity contribution in [3.63, 3.8) is 0 Å². The Kier molecular flexibility index (Phi) is 2.21. The maximum Gasteiger partial charge on any atom is 0.326 e. The second-order valence-corrected chi connectivity index (χ2v) is 4.85. The molecule has 1 heterocycles. The van der Waals surface area contributed by atoms with Crippen molar-refractivity contribution in [2.75, 3.05) is 5.32 Å². The molecule has 0 aromatic heterocycles. The number of benzene rings is 1. The van der Waals surface area contributed by atoms with Gasteiger partial charge in [0.05, 0.1) is 0 Å². The molecule has 3 nitrogen and oxygen atoms in total. The second kappa shape index (κ2) is 3.62. The molecule has 1 aliphatic heterocycles. The van der Waals surface area contributed by atoms with E-state index in [-0.39, 0.29) is 11.8 Å². The fraction of sp³-hybridized carbons (Fsp3) is 0.357. The van der Waals surface area contributed by atoms with Gasteiger partial charge >= 0.3 is 5.97 Å². The van der Waals surface area contributed by atoms with Gasteiger partial charge in [0.25, 0.3) is 0 Å². The molecule has 88 valence electrons. The number of carboxylic acid groups (broad SMARTS) is 1. The number of carbonyl (C=O) groups is 1. The van der Waals surface area contributed by atoms with E-state index in [1.54, 1.807) is 0 Å². The molecule has 1 aliphatic carbocycles. The van der Waals surface area contributed by atoms with E-state index in [9.17, 15) is 9.90 Å². The van der Waals surface area contributed by atoms with Crippen LogP contribution in [0.3, 0.4) is 0 Å². The first kappa shape index (κ1) is 10.4. The molecule has 1 aromatic rings. The molecule has 1 aromatic carbocycles. The van der Waals surface area contributed by atoms with Crippen LogP contribution in [-0.2, 0) is 4.79 Å². The molecule has 3 rings (SSSR count). The van der Waals surface area contributed by atoms with Crippen LogP contribution in [0.25, 0.3) is 0 Å². The van der Waals surface area contributed by atoms with Gasteiger partial charge in [-0.3, -0.25) is 0 Å². The SMILES string of the molecule is Cc1cccc2c1N[C@H](C(=O)O)[C@H]1CC=C[C@@H]21. The Bertz CT molecular complexity index is 507. The summed E-state index contributed by atoms with van der Waals surface area (Å²) in [7, 11) is 0. The molecule has 0 spiro atoms. The van der Waals surface area contributed by atoms with Crippen molar-refractivity contribution in [1.29, 1.82) is 0 Å². The minimum absolute atomic E-state index is 0.154. The molecule has 0 saturated heterocycles. The first-order valence-electron chi connectivity index (χ1n) is 5.94. The van der Waals surface area contributed by atoms with Crippen molar-refractivity contribution >= 4 is 11.7 Å². The largest absolute Gasteiger partial charge is 0.480 e. The summed E-state index contributed by atoms with van der Waals surface area (Å²) in [5.74, 6) is -0.341. The van der Waals surface area contributed by atoms with Gasteiger partial charge in [0.2, 0.25) is 0 Å². The summed E-state index contributed by atoms with van der Waals surface area (Å²) >= 11 is 0. The third kappa shape index (κ3) is 1.46. The van der Waals surface area contributed by atoms with Gasteiger partial charge in [-0.15, -0.1) is 0 Å². The molecule has 3 heteroatoms. The minimum Gasteiger partial charge on any atom is -0.480 e. The van der Waals surface area contributed by atoms with E-state index in [0.29, 0.717) is 0 Å². The summed E-state index contributed by atoms with van der Waals surface area (Å²) in [6.45, 7) is 2.02. The van der Waals surface area contributed by atoms with Crippen LogP contribution < -0.4 is 5.32 Å². The third-order valence-corrected chi connectivity index (χ3v) is 3.87. The normalized spacial score (nSPS) is 29.4. The summed E-state index contributed by atoms with van der Waals surface area (Å²) in [5, 5.41) is 12.5. The quantitative estimate of drug-likeness (QED) is 0.727. The number of hydrogen-bond acceptors (Lipinski definition) is 2. The minimum atomic E-state index is -0.752. The van der Waals surface area contributed by atoms with E-state index >= 15 is 0 Å². The molecule has 0 fully saturated rings. The molecular formula is C14H15NO2. The predicted octanol–water partition coefficient (Wildman–Crippen LogP) is 2.53. The van der Waals surface area contributed by atoms with E-state index in [2.05, 4.69) is 23.5 Å². The lowest BCUT2D eigenvalue weighted by Gasteiger charge is -2.35. The highest BCUT2D eigenvalue weighted by Crippen LogP contribution is 2.45. The molecule has 17 heavy (non-hydrogen) atoms. The molecule has 3 atom stereocenters. The van der Waals surface area contributed by atoms with Crippen LogP contribution in [0.4, 0.5) is 5.69 Å². The van der Waals surface area contributed by atoms with Gasteiger partial charge in [-0.25, -0.2) is 4.79 Å². The summed E-state index contributed by atoms with van der Waals surface area (Å²) in [5.41, 5.74) is 3.36. The van der Waals surface area contributed by atoms with Gasteiger partial charge in [0.15, 0.2) is 0 Å². The lowest BCUT2D eigenvalue weighted by atomic mass is 9.78. The first-order chi connectivity index (χ1) is 8.18. The topological polar surface area (TPSA) is 49.3 Å². The fourth-order valence-electron chi connectivity index (χ4n) is 3.02. The van der Waals surface area contributed by atoms with Crippen LogP contribution in [0.5, 0.6) is 0 Å². The number of allylic oxidation sites excluding steroid dienone is 2. The molecule has 0 amide bonds. The number of hydrogen-bond donors (Lipinski definition) is 2. The lowest BCUT2D eigenvalue weighted by molar-refractivity contribution is -0.139. The van der Waals surface area contributed by atoms with Crippen LogP contribution in [0.15, 0.2) is 30.4 Å². The third-order valence-electron chi connectivity index (χ3n) is 3.87. The average molecular weight is 229 g/mol. The number of fused-ring (bicyclic) bond motifs is 3. The van der Waals surface area contributed by atoms with E-state index in [4.69, 9.17) is 0 Å².